The van der Waals surface area contributed by atoms with Crippen molar-refractivity contribution >= 4 is 27.3 Å². The van der Waals surface area contributed by atoms with Crippen molar-refractivity contribution < 1.29 is 18.3 Å². The Hall–Kier alpha value is -2.55. The van der Waals surface area contributed by atoms with E-state index >= 15 is 0 Å². The number of carboxylic acid groups (broad SMARTS) is 1. The number of benzene rings is 2. The van der Waals surface area contributed by atoms with E-state index in [4.69, 9.17) is 0 Å². The van der Waals surface area contributed by atoms with Gasteiger partial charge >= 0.3 is 5.97 Å². The molecular weight excluding hydrogens is 408 g/mol. The highest BCUT2D eigenvalue weighted by Gasteiger charge is 2.19. The summed E-state index contributed by atoms with van der Waals surface area (Å²) in [7, 11) is -3.46. The van der Waals surface area contributed by atoms with Crippen LogP contribution in [0.5, 0.6) is 0 Å². The maximum Gasteiger partial charge on any atom is 0.310 e. The summed E-state index contributed by atoms with van der Waals surface area (Å²) >= 11 is 1.55. The minimum Gasteiger partial charge on any atom is -0.481 e. The van der Waals surface area contributed by atoms with E-state index < -0.39 is 21.9 Å². The minimum absolute atomic E-state index is 0.174. The summed E-state index contributed by atoms with van der Waals surface area (Å²) in [4.78, 5) is 15.5. The van der Waals surface area contributed by atoms with Crippen molar-refractivity contribution in [2.75, 3.05) is 6.26 Å². The number of carbonyl (C=O) groups is 1. The van der Waals surface area contributed by atoms with Crippen molar-refractivity contribution in [3.8, 4) is 10.6 Å². The maximum atomic E-state index is 12.3. The monoisotopic (exact) mass is 430 g/mol. The zero-order valence-corrected chi connectivity index (χ0v) is 17.8. The highest BCUT2D eigenvalue weighted by atomic mass is 32.2. The number of nitrogens with zero attached hydrogens (tertiary/aromatic N) is 2. The summed E-state index contributed by atoms with van der Waals surface area (Å²) in [5.41, 5.74) is 3.26. The Kier molecular flexibility index (Phi) is 6.46. The van der Waals surface area contributed by atoms with Gasteiger partial charge < -0.3 is 5.11 Å². The molecule has 152 valence electrons. The van der Waals surface area contributed by atoms with Gasteiger partial charge in [-0.05, 0) is 23.6 Å². The zero-order chi connectivity index (χ0) is 21.0. The largest absolute Gasteiger partial charge is 0.481 e. The molecule has 0 aliphatic rings. The van der Waals surface area contributed by atoms with Crippen LogP contribution in [0, 0.1) is 0 Å². The first-order valence-electron chi connectivity index (χ1n) is 8.99. The van der Waals surface area contributed by atoms with Crippen LogP contribution >= 0.6 is 11.3 Å². The van der Waals surface area contributed by atoms with Crippen molar-refractivity contribution in [1.82, 2.24) is 9.29 Å². The van der Waals surface area contributed by atoms with E-state index in [-0.39, 0.29) is 13.1 Å². The standard InChI is InChI=1S/C21H22N2O4S2/c1-15(21(24)25)19-5-3-4-17(12-19)14-23(29(2,26)27)13-16-6-8-18(9-7-16)20-22-10-11-28-20/h3-12,15H,13-14H2,1-2H3,(H,24,25). The zero-order valence-electron chi connectivity index (χ0n) is 16.1. The van der Waals surface area contributed by atoms with Gasteiger partial charge in [0.25, 0.3) is 0 Å². The second kappa shape index (κ2) is 8.86. The van der Waals surface area contributed by atoms with Crippen LogP contribution < -0.4 is 0 Å². The lowest BCUT2D eigenvalue weighted by atomic mass is 9.99. The van der Waals surface area contributed by atoms with Crippen molar-refractivity contribution in [2.45, 2.75) is 25.9 Å². The van der Waals surface area contributed by atoms with Gasteiger partial charge in [-0.3, -0.25) is 4.79 Å². The quantitative estimate of drug-likeness (QED) is 0.584. The normalized spacial score (nSPS) is 12.8. The van der Waals surface area contributed by atoms with Gasteiger partial charge in [0.1, 0.15) is 5.01 Å². The molecular formula is C21H22N2O4S2. The van der Waals surface area contributed by atoms with Gasteiger partial charge in [-0.2, -0.15) is 4.31 Å². The molecule has 0 amide bonds. The molecule has 2 aromatic carbocycles. The number of sulfonamides is 1. The van der Waals surface area contributed by atoms with Crippen LogP contribution in [-0.2, 0) is 27.9 Å². The molecule has 3 rings (SSSR count). The molecule has 0 bridgehead atoms. The van der Waals surface area contributed by atoms with Crippen LogP contribution in [0.25, 0.3) is 10.6 Å². The molecule has 29 heavy (non-hydrogen) atoms. The number of carboxylic acids is 1. The van der Waals surface area contributed by atoms with Gasteiger partial charge in [0.05, 0.1) is 12.2 Å². The van der Waals surface area contributed by atoms with Gasteiger partial charge in [-0.15, -0.1) is 11.3 Å². The number of hydrogen-bond donors (Lipinski definition) is 1. The SMILES string of the molecule is CC(C(=O)O)c1cccc(CN(Cc2ccc(-c3nccs3)cc2)S(C)(=O)=O)c1. The highest BCUT2D eigenvalue weighted by molar-refractivity contribution is 7.88. The van der Waals surface area contributed by atoms with Crippen LogP contribution in [0.3, 0.4) is 0 Å². The summed E-state index contributed by atoms with van der Waals surface area (Å²) in [6.07, 6.45) is 2.93. The first kappa shape index (κ1) is 21.2. The van der Waals surface area contributed by atoms with E-state index in [2.05, 4.69) is 4.98 Å². The Labute approximate surface area is 174 Å². The van der Waals surface area contributed by atoms with Crippen LogP contribution in [0.4, 0.5) is 0 Å². The van der Waals surface area contributed by atoms with Crippen molar-refractivity contribution in [3.63, 3.8) is 0 Å². The Bertz CT molecular complexity index is 1080. The molecule has 1 N–H and O–H groups in total. The molecule has 0 aliphatic heterocycles. The molecule has 0 spiro atoms. The Balaban J connectivity index is 1.79. The van der Waals surface area contributed by atoms with E-state index in [1.54, 1.807) is 42.7 Å². The van der Waals surface area contributed by atoms with Gasteiger partial charge in [0.2, 0.25) is 10.0 Å². The molecule has 1 aromatic heterocycles. The minimum atomic E-state index is -3.46. The number of aromatic nitrogens is 1. The average Bonchev–Trinajstić information content (AvgIpc) is 3.21. The maximum absolute atomic E-state index is 12.3. The summed E-state index contributed by atoms with van der Waals surface area (Å²) in [6, 6.07) is 14.7. The van der Waals surface area contributed by atoms with Crippen LogP contribution in [0.2, 0.25) is 0 Å². The predicted octanol–water partition coefficient (Wildman–Crippen LogP) is 3.96. The topological polar surface area (TPSA) is 87.6 Å². The van der Waals surface area contributed by atoms with E-state index in [1.807, 2.05) is 35.7 Å². The first-order valence-corrected chi connectivity index (χ1v) is 11.7. The molecule has 0 radical (unpaired) electrons. The lowest BCUT2D eigenvalue weighted by molar-refractivity contribution is -0.138. The fourth-order valence-corrected chi connectivity index (χ4v) is 4.33. The predicted molar refractivity (Wildman–Crippen MR) is 114 cm³/mol. The smallest absolute Gasteiger partial charge is 0.310 e. The molecule has 1 heterocycles. The van der Waals surface area contributed by atoms with Crippen LogP contribution in [-0.4, -0.2) is 35.0 Å². The third kappa shape index (κ3) is 5.50. The molecule has 3 aromatic rings. The molecule has 1 unspecified atom stereocenters. The Morgan fingerprint density at radius 2 is 1.83 bits per heavy atom. The second-order valence-electron chi connectivity index (χ2n) is 6.87. The Morgan fingerprint density at radius 1 is 1.14 bits per heavy atom. The summed E-state index contributed by atoms with van der Waals surface area (Å²) in [5, 5.41) is 12.0. The van der Waals surface area contributed by atoms with E-state index in [9.17, 15) is 18.3 Å². The van der Waals surface area contributed by atoms with Gasteiger partial charge in [-0.1, -0.05) is 48.5 Å². The highest BCUT2D eigenvalue weighted by Crippen LogP contribution is 2.23. The van der Waals surface area contributed by atoms with E-state index in [0.717, 1.165) is 21.7 Å². The first-order chi connectivity index (χ1) is 13.7. The van der Waals surface area contributed by atoms with Crippen molar-refractivity contribution in [1.29, 1.82) is 0 Å². The fourth-order valence-electron chi connectivity index (χ4n) is 2.92. The molecule has 6 nitrogen and oxygen atoms in total. The van der Waals surface area contributed by atoms with Crippen LogP contribution in [0.1, 0.15) is 29.5 Å². The van der Waals surface area contributed by atoms with Crippen molar-refractivity contribution in [3.05, 3.63) is 76.8 Å². The molecule has 8 heteroatoms. The number of thiazole rings is 1. The Morgan fingerprint density at radius 3 is 2.41 bits per heavy atom. The molecule has 0 saturated carbocycles. The fraction of sp³-hybridized carbons (Fsp3) is 0.238. The lowest BCUT2D eigenvalue weighted by Crippen LogP contribution is -2.29. The third-order valence-electron chi connectivity index (χ3n) is 4.64. The summed E-state index contributed by atoms with van der Waals surface area (Å²) < 4.78 is 26.1. The van der Waals surface area contributed by atoms with E-state index in [1.165, 1.54) is 10.6 Å². The molecule has 1 atom stereocenters. The van der Waals surface area contributed by atoms with Gasteiger partial charge in [0, 0.05) is 30.2 Å². The van der Waals surface area contributed by atoms with Crippen LogP contribution in [0.15, 0.2) is 60.1 Å². The van der Waals surface area contributed by atoms with Gasteiger partial charge in [-0.25, -0.2) is 13.4 Å². The van der Waals surface area contributed by atoms with E-state index in [0.29, 0.717) is 5.56 Å². The molecule has 0 saturated heterocycles. The van der Waals surface area contributed by atoms with Gasteiger partial charge in [0.15, 0.2) is 0 Å². The summed E-state index contributed by atoms with van der Waals surface area (Å²) in [6.45, 7) is 2.02. The molecule has 0 aliphatic carbocycles. The summed E-state index contributed by atoms with van der Waals surface area (Å²) in [5.74, 6) is -1.57. The molecule has 0 fully saturated rings. The third-order valence-corrected chi connectivity index (χ3v) is 6.66. The number of rotatable bonds is 8. The average molecular weight is 431 g/mol. The second-order valence-corrected chi connectivity index (χ2v) is 9.75. The number of hydrogen-bond acceptors (Lipinski definition) is 5. The lowest BCUT2D eigenvalue weighted by Gasteiger charge is -2.21. The van der Waals surface area contributed by atoms with Crippen molar-refractivity contribution in [2.24, 2.45) is 0 Å². The number of aliphatic carboxylic acids is 1.